The zero-order chi connectivity index (χ0) is 24.5. The molecule has 2 heterocycles. The Balaban J connectivity index is 0.00000187. The van der Waals surface area contributed by atoms with E-state index in [-0.39, 0.29) is 16.8 Å². The van der Waals surface area contributed by atoms with Crippen molar-refractivity contribution in [2.75, 3.05) is 0 Å². The summed E-state index contributed by atoms with van der Waals surface area (Å²) in [7, 11) is 0. The standard InChI is InChI=1S/C26H25N3O2.C2H6/c1-5-19(13-18(4)17(2)3)25(30)23-16-29(15-21-10-8-9-20(14-27)28-21)24-12-7-6-11-22(24)26(23)31;1-2/h6-13,16H,5,15H2,1-4H3;1-2H3/b19-13+;. The third kappa shape index (κ3) is 5.93. The average Bonchev–Trinajstić information content (AvgIpc) is 2.85. The van der Waals surface area contributed by atoms with Crippen molar-refractivity contribution in [3.8, 4) is 6.07 Å². The Hall–Kier alpha value is -3.78. The van der Waals surface area contributed by atoms with Gasteiger partial charge in [0.15, 0.2) is 5.78 Å². The van der Waals surface area contributed by atoms with Crippen LogP contribution < -0.4 is 5.43 Å². The predicted octanol–water partition coefficient (Wildman–Crippen LogP) is 6.22. The summed E-state index contributed by atoms with van der Waals surface area (Å²) in [5.74, 6) is -0.258. The Morgan fingerprint density at radius 2 is 1.79 bits per heavy atom. The Labute approximate surface area is 195 Å². The van der Waals surface area contributed by atoms with Crippen molar-refractivity contribution in [1.29, 1.82) is 5.26 Å². The van der Waals surface area contributed by atoms with Crippen molar-refractivity contribution >= 4 is 16.7 Å². The molecule has 0 spiro atoms. The van der Waals surface area contributed by atoms with Gasteiger partial charge in [-0.1, -0.05) is 56.2 Å². The molecule has 2 aromatic heterocycles. The van der Waals surface area contributed by atoms with E-state index in [1.165, 1.54) is 0 Å². The number of nitriles is 1. The number of para-hydroxylation sites is 1. The Bertz CT molecular complexity index is 1320. The molecular weight excluding hydrogens is 410 g/mol. The molecular formula is C28H31N3O2. The van der Waals surface area contributed by atoms with Crippen LogP contribution in [-0.4, -0.2) is 15.3 Å². The van der Waals surface area contributed by atoms with Crippen molar-refractivity contribution in [2.45, 2.75) is 54.5 Å². The van der Waals surface area contributed by atoms with Crippen LogP contribution in [0.25, 0.3) is 10.9 Å². The molecule has 0 aliphatic rings. The molecule has 0 N–H and O–H groups in total. The van der Waals surface area contributed by atoms with Crippen molar-refractivity contribution in [2.24, 2.45) is 0 Å². The van der Waals surface area contributed by atoms with Crippen LogP contribution in [0.1, 0.15) is 69.7 Å². The topological polar surface area (TPSA) is 75.8 Å². The molecule has 5 heteroatoms. The molecule has 0 aliphatic carbocycles. The fourth-order valence-corrected chi connectivity index (χ4v) is 3.35. The lowest BCUT2D eigenvalue weighted by atomic mass is 9.97. The van der Waals surface area contributed by atoms with E-state index in [0.717, 1.165) is 16.7 Å². The van der Waals surface area contributed by atoms with Crippen LogP contribution in [0.2, 0.25) is 0 Å². The number of pyridine rings is 2. The second-order valence-corrected chi connectivity index (χ2v) is 7.68. The van der Waals surface area contributed by atoms with Crippen LogP contribution in [0, 0.1) is 11.3 Å². The number of benzene rings is 1. The Kier molecular flexibility index (Phi) is 9.06. The maximum Gasteiger partial charge on any atom is 0.200 e. The zero-order valence-corrected chi connectivity index (χ0v) is 20.3. The molecule has 170 valence electrons. The summed E-state index contributed by atoms with van der Waals surface area (Å²) in [6.45, 7) is 12.2. The van der Waals surface area contributed by atoms with Crippen molar-refractivity contribution in [3.63, 3.8) is 0 Å². The van der Waals surface area contributed by atoms with Gasteiger partial charge in [0.2, 0.25) is 5.43 Å². The van der Waals surface area contributed by atoms with Gasteiger partial charge in [0.25, 0.3) is 0 Å². The summed E-state index contributed by atoms with van der Waals surface area (Å²) < 4.78 is 1.86. The lowest BCUT2D eigenvalue weighted by molar-refractivity contribution is 0.103. The predicted molar refractivity (Wildman–Crippen MR) is 134 cm³/mol. The maximum absolute atomic E-state index is 13.3. The first-order valence-corrected chi connectivity index (χ1v) is 11.2. The number of hydrogen-bond acceptors (Lipinski definition) is 4. The van der Waals surface area contributed by atoms with E-state index in [1.54, 1.807) is 30.5 Å². The Morgan fingerprint density at radius 3 is 2.42 bits per heavy atom. The molecule has 1 aromatic carbocycles. The van der Waals surface area contributed by atoms with Crippen LogP contribution in [0.15, 0.2) is 76.3 Å². The molecule has 0 aliphatic heterocycles. The minimum atomic E-state index is -0.273. The van der Waals surface area contributed by atoms with E-state index in [1.807, 2.05) is 76.5 Å². The molecule has 0 atom stereocenters. The molecule has 0 saturated carbocycles. The summed E-state index contributed by atoms with van der Waals surface area (Å²) in [4.78, 5) is 30.9. The van der Waals surface area contributed by atoms with Gasteiger partial charge in [-0.15, -0.1) is 0 Å². The second-order valence-electron chi connectivity index (χ2n) is 7.68. The van der Waals surface area contributed by atoms with E-state index in [2.05, 4.69) is 4.98 Å². The van der Waals surface area contributed by atoms with Crippen molar-refractivity contribution in [3.05, 3.63) is 98.6 Å². The Morgan fingerprint density at radius 1 is 1.09 bits per heavy atom. The molecule has 0 unspecified atom stereocenters. The van der Waals surface area contributed by atoms with Crippen LogP contribution in [-0.2, 0) is 6.54 Å². The van der Waals surface area contributed by atoms with Gasteiger partial charge in [-0.05, 0) is 51.5 Å². The SMILES string of the molecule is CC.CC/C(=C\C(C)=C(C)C)C(=O)c1cn(Cc2cccc(C#N)n2)c2ccccc2c1=O. The fraction of sp³-hybridized carbons (Fsp3) is 0.286. The molecule has 5 nitrogen and oxygen atoms in total. The van der Waals surface area contributed by atoms with E-state index in [4.69, 9.17) is 5.26 Å². The number of carbonyl (C=O) groups is 1. The highest BCUT2D eigenvalue weighted by molar-refractivity contribution is 6.10. The molecule has 3 aromatic rings. The van der Waals surface area contributed by atoms with Gasteiger partial charge in [0.1, 0.15) is 11.8 Å². The van der Waals surface area contributed by atoms with Crippen LogP contribution in [0.4, 0.5) is 0 Å². The van der Waals surface area contributed by atoms with Crippen LogP contribution >= 0.6 is 0 Å². The highest BCUT2D eigenvalue weighted by Crippen LogP contribution is 2.18. The molecule has 0 amide bonds. The summed E-state index contributed by atoms with van der Waals surface area (Å²) >= 11 is 0. The average molecular weight is 442 g/mol. The van der Waals surface area contributed by atoms with Gasteiger partial charge in [-0.3, -0.25) is 9.59 Å². The number of ketones is 1. The third-order valence-corrected chi connectivity index (χ3v) is 5.34. The largest absolute Gasteiger partial charge is 0.340 e. The quantitative estimate of drug-likeness (QED) is 0.259. The normalized spacial score (nSPS) is 10.8. The van der Waals surface area contributed by atoms with E-state index < -0.39 is 0 Å². The van der Waals surface area contributed by atoms with Gasteiger partial charge in [0.05, 0.1) is 23.3 Å². The molecule has 0 fully saturated rings. The number of allylic oxidation sites excluding steroid dienone is 4. The number of Topliss-reactive ketones (excluding diaryl/α,β-unsaturated/α-hetero) is 1. The number of aromatic nitrogens is 2. The third-order valence-electron chi connectivity index (χ3n) is 5.34. The molecule has 0 radical (unpaired) electrons. The van der Waals surface area contributed by atoms with E-state index >= 15 is 0 Å². The van der Waals surface area contributed by atoms with Crippen molar-refractivity contribution in [1.82, 2.24) is 9.55 Å². The van der Waals surface area contributed by atoms with Crippen molar-refractivity contribution < 1.29 is 4.79 Å². The number of nitrogens with zero attached hydrogens (tertiary/aromatic N) is 3. The van der Waals surface area contributed by atoms with Gasteiger partial charge in [0, 0.05) is 17.2 Å². The summed E-state index contributed by atoms with van der Waals surface area (Å²) in [6.07, 6.45) is 4.02. The van der Waals surface area contributed by atoms with Gasteiger partial charge >= 0.3 is 0 Å². The van der Waals surface area contributed by atoms with Gasteiger partial charge < -0.3 is 4.57 Å². The molecule has 33 heavy (non-hydrogen) atoms. The first-order chi connectivity index (χ1) is 15.8. The van der Waals surface area contributed by atoms with Crippen LogP contribution in [0.5, 0.6) is 0 Å². The zero-order valence-electron chi connectivity index (χ0n) is 20.3. The van der Waals surface area contributed by atoms with Gasteiger partial charge in [-0.2, -0.15) is 5.26 Å². The number of carbonyl (C=O) groups excluding carboxylic acids is 1. The van der Waals surface area contributed by atoms with E-state index in [0.29, 0.717) is 35.3 Å². The minimum Gasteiger partial charge on any atom is -0.340 e. The second kappa shape index (κ2) is 11.7. The summed E-state index contributed by atoms with van der Waals surface area (Å²) in [5.41, 5.74) is 4.33. The summed E-state index contributed by atoms with van der Waals surface area (Å²) in [6, 6.07) is 14.5. The molecule has 0 saturated heterocycles. The first-order valence-electron chi connectivity index (χ1n) is 11.2. The lowest BCUT2D eigenvalue weighted by Gasteiger charge is -2.14. The summed E-state index contributed by atoms with van der Waals surface area (Å²) in [5, 5.41) is 9.62. The number of hydrogen-bond donors (Lipinski definition) is 0. The molecule has 0 bridgehead atoms. The highest BCUT2D eigenvalue weighted by Gasteiger charge is 2.18. The monoisotopic (exact) mass is 441 g/mol. The smallest absolute Gasteiger partial charge is 0.200 e. The minimum absolute atomic E-state index is 0.143. The lowest BCUT2D eigenvalue weighted by Crippen LogP contribution is -2.21. The number of rotatable bonds is 6. The van der Waals surface area contributed by atoms with Crippen LogP contribution in [0.3, 0.4) is 0 Å². The van der Waals surface area contributed by atoms with Gasteiger partial charge in [-0.25, -0.2) is 4.98 Å². The van der Waals surface area contributed by atoms with E-state index in [9.17, 15) is 9.59 Å². The maximum atomic E-state index is 13.3. The highest BCUT2D eigenvalue weighted by atomic mass is 16.1. The number of fused-ring (bicyclic) bond motifs is 1. The fourth-order valence-electron chi connectivity index (χ4n) is 3.35. The molecule has 3 rings (SSSR count). The first kappa shape index (κ1) is 25.5.